The van der Waals surface area contributed by atoms with Gasteiger partial charge in [0.25, 0.3) is 5.91 Å². The van der Waals surface area contributed by atoms with Crippen LogP contribution in [-0.2, 0) is 20.8 Å². The number of carbonyl (C=O) groups excluding carboxylic acids is 2. The van der Waals surface area contributed by atoms with Crippen molar-refractivity contribution in [2.24, 2.45) is 0 Å². The smallest absolute Gasteiger partial charge is 0.407 e. The van der Waals surface area contributed by atoms with E-state index in [9.17, 15) is 14.4 Å². The number of fused-ring (bicyclic) bond motifs is 3. The van der Waals surface area contributed by atoms with Gasteiger partial charge in [-0.15, -0.1) is 0 Å². The Balaban J connectivity index is 1.27. The highest BCUT2D eigenvalue weighted by Crippen LogP contribution is 2.44. The molecule has 2 aromatic carbocycles. The number of rotatable bonds is 10. The summed E-state index contributed by atoms with van der Waals surface area (Å²) < 4.78 is 10.4. The number of benzene rings is 2. The Kier molecular flexibility index (Phi) is 7.69. The first-order valence-electron chi connectivity index (χ1n) is 11.1. The van der Waals surface area contributed by atoms with Crippen molar-refractivity contribution in [1.82, 2.24) is 15.6 Å². The fraction of sp³-hybridized carbons (Fsp3) is 0.231. The molecule has 1 heterocycles. The molecule has 3 aromatic rings. The highest BCUT2D eigenvalue weighted by Gasteiger charge is 2.28. The van der Waals surface area contributed by atoms with Gasteiger partial charge in [0.15, 0.2) is 0 Å². The van der Waals surface area contributed by atoms with Crippen molar-refractivity contribution in [2.75, 3.05) is 26.4 Å². The second-order valence-electron chi connectivity index (χ2n) is 7.92. The molecule has 0 saturated carbocycles. The maximum atomic E-state index is 12.4. The molecule has 0 radical (unpaired) electrons. The van der Waals surface area contributed by atoms with Crippen LogP contribution in [0.25, 0.3) is 11.1 Å². The van der Waals surface area contributed by atoms with Gasteiger partial charge in [-0.2, -0.15) is 0 Å². The minimum Gasteiger partial charge on any atom is -0.480 e. The van der Waals surface area contributed by atoms with Gasteiger partial charge in [-0.3, -0.25) is 9.78 Å². The lowest BCUT2D eigenvalue weighted by Crippen LogP contribution is -2.28. The average molecular weight is 476 g/mol. The van der Waals surface area contributed by atoms with E-state index in [-0.39, 0.29) is 38.1 Å². The summed E-state index contributed by atoms with van der Waals surface area (Å²) >= 11 is 0. The summed E-state index contributed by atoms with van der Waals surface area (Å²) in [7, 11) is 0. The average Bonchev–Trinajstić information content (AvgIpc) is 3.19. The lowest BCUT2D eigenvalue weighted by Gasteiger charge is -2.14. The highest BCUT2D eigenvalue weighted by atomic mass is 16.5. The molecule has 9 nitrogen and oxygen atoms in total. The molecule has 1 aromatic heterocycles. The van der Waals surface area contributed by atoms with Crippen LogP contribution in [0.5, 0.6) is 0 Å². The van der Waals surface area contributed by atoms with E-state index >= 15 is 0 Å². The minimum absolute atomic E-state index is 0.0298. The van der Waals surface area contributed by atoms with Crippen molar-refractivity contribution < 1.29 is 29.0 Å². The van der Waals surface area contributed by atoms with Crippen LogP contribution in [0.1, 0.15) is 33.1 Å². The van der Waals surface area contributed by atoms with Crippen LogP contribution >= 0.6 is 0 Å². The molecule has 0 aliphatic heterocycles. The number of aromatic nitrogens is 1. The number of carboxylic acids is 1. The van der Waals surface area contributed by atoms with Gasteiger partial charge in [0.2, 0.25) is 0 Å². The third-order valence-electron chi connectivity index (χ3n) is 5.59. The van der Waals surface area contributed by atoms with Crippen LogP contribution in [0.2, 0.25) is 0 Å². The zero-order valence-corrected chi connectivity index (χ0v) is 18.9. The van der Waals surface area contributed by atoms with Crippen LogP contribution in [0.4, 0.5) is 4.79 Å². The second-order valence-corrected chi connectivity index (χ2v) is 7.92. The predicted molar refractivity (Wildman–Crippen MR) is 127 cm³/mol. The first-order valence-corrected chi connectivity index (χ1v) is 11.1. The molecule has 0 saturated heterocycles. The Bertz CT molecular complexity index is 1180. The summed E-state index contributed by atoms with van der Waals surface area (Å²) in [6, 6.07) is 19.3. The molecule has 0 atom stereocenters. The molecule has 0 spiro atoms. The number of pyridine rings is 1. The molecule has 180 valence electrons. The number of alkyl carbamates (subject to hydrolysis) is 1. The summed E-state index contributed by atoms with van der Waals surface area (Å²) in [5.74, 6) is -1.45. The standard InChI is InChI=1S/C26H25N3O6/c30-24(31)16-34-12-11-28-25(32)17-9-10-27-18(13-17)14-29-26(33)35-15-23-21-7-3-1-5-19(21)20-6-2-4-8-22(20)23/h1-10,13,23H,11-12,14-16H2,(H,28,32)(H,29,33)(H,30,31). The first kappa shape index (κ1) is 23.9. The Hall–Kier alpha value is -4.24. The van der Waals surface area contributed by atoms with Gasteiger partial charge in [0, 0.05) is 24.2 Å². The fourth-order valence-electron chi connectivity index (χ4n) is 4.03. The van der Waals surface area contributed by atoms with Crippen molar-refractivity contribution in [3.05, 3.63) is 89.2 Å². The summed E-state index contributed by atoms with van der Waals surface area (Å²) in [4.78, 5) is 39.2. The van der Waals surface area contributed by atoms with Crippen LogP contribution in [0.3, 0.4) is 0 Å². The van der Waals surface area contributed by atoms with Gasteiger partial charge in [-0.05, 0) is 34.4 Å². The van der Waals surface area contributed by atoms with E-state index < -0.39 is 18.7 Å². The Morgan fingerprint density at radius 1 is 0.943 bits per heavy atom. The summed E-state index contributed by atoms with van der Waals surface area (Å²) in [5.41, 5.74) is 5.44. The Morgan fingerprint density at radius 3 is 2.31 bits per heavy atom. The number of carbonyl (C=O) groups is 3. The quantitative estimate of drug-likeness (QED) is 0.385. The van der Waals surface area contributed by atoms with Gasteiger partial charge in [-0.1, -0.05) is 48.5 Å². The fourth-order valence-corrected chi connectivity index (χ4v) is 4.03. The number of ether oxygens (including phenoxy) is 2. The molecule has 0 unspecified atom stereocenters. The molecule has 2 amide bonds. The van der Waals surface area contributed by atoms with E-state index in [1.54, 1.807) is 12.1 Å². The van der Waals surface area contributed by atoms with Crippen LogP contribution in [-0.4, -0.2) is 54.4 Å². The number of hydrogen-bond acceptors (Lipinski definition) is 6. The first-order chi connectivity index (χ1) is 17.0. The van der Waals surface area contributed by atoms with Crippen molar-refractivity contribution in [3.63, 3.8) is 0 Å². The molecular formula is C26H25N3O6. The van der Waals surface area contributed by atoms with E-state index in [2.05, 4.69) is 39.9 Å². The van der Waals surface area contributed by atoms with Crippen molar-refractivity contribution in [2.45, 2.75) is 12.5 Å². The van der Waals surface area contributed by atoms with E-state index in [1.807, 2.05) is 24.3 Å². The highest BCUT2D eigenvalue weighted by molar-refractivity contribution is 5.94. The third-order valence-corrected chi connectivity index (χ3v) is 5.59. The van der Waals surface area contributed by atoms with E-state index in [0.717, 1.165) is 22.3 Å². The molecule has 1 aliphatic rings. The Morgan fingerprint density at radius 2 is 1.63 bits per heavy atom. The van der Waals surface area contributed by atoms with Crippen molar-refractivity contribution >= 4 is 18.0 Å². The lowest BCUT2D eigenvalue weighted by molar-refractivity contribution is -0.142. The SMILES string of the molecule is O=C(O)COCCNC(=O)c1ccnc(CNC(=O)OCC2c3ccccc3-c3ccccc32)c1. The van der Waals surface area contributed by atoms with Gasteiger partial charge < -0.3 is 25.2 Å². The molecule has 9 heteroatoms. The van der Waals surface area contributed by atoms with E-state index in [4.69, 9.17) is 14.6 Å². The lowest BCUT2D eigenvalue weighted by atomic mass is 9.98. The Labute approximate surface area is 202 Å². The van der Waals surface area contributed by atoms with E-state index in [0.29, 0.717) is 11.3 Å². The zero-order valence-electron chi connectivity index (χ0n) is 18.9. The number of aliphatic carboxylic acids is 1. The van der Waals surface area contributed by atoms with Crippen LogP contribution in [0.15, 0.2) is 66.9 Å². The molecule has 0 bridgehead atoms. The number of hydrogen-bond donors (Lipinski definition) is 3. The number of amides is 2. The summed E-state index contributed by atoms with van der Waals surface area (Å²) in [5, 5.41) is 13.8. The van der Waals surface area contributed by atoms with Gasteiger partial charge in [0.05, 0.1) is 18.8 Å². The van der Waals surface area contributed by atoms with Gasteiger partial charge >= 0.3 is 12.1 Å². The third kappa shape index (κ3) is 6.01. The number of carboxylic acid groups (broad SMARTS) is 1. The predicted octanol–water partition coefficient (Wildman–Crippen LogP) is 2.95. The topological polar surface area (TPSA) is 127 Å². The van der Waals surface area contributed by atoms with Crippen molar-refractivity contribution in [3.8, 4) is 11.1 Å². The maximum absolute atomic E-state index is 12.4. The number of nitrogens with zero attached hydrogens (tertiary/aromatic N) is 1. The maximum Gasteiger partial charge on any atom is 0.407 e. The molecule has 0 fully saturated rings. The number of nitrogens with one attached hydrogen (secondary N) is 2. The van der Waals surface area contributed by atoms with Crippen LogP contribution < -0.4 is 10.6 Å². The second kappa shape index (κ2) is 11.3. The monoisotopic (exact) mass is 475 g/mol. The van der Waals surface area contributed by atoms with Gasteiger partial charge in [0.1, 0.15) is 13.2 Å². The molecule has 3 N–H and O–H groups in total. The van der Waals surface area contributed by atoms with Crippen molar-refractivity contribution in [1.29, 1.82) is 0 Å². The van der Waals surface area contributed by atoms with E-state index in [1.165, 1.54) is 6.20 Å². The molecule has 4 rings (SSSR count). The zero-order chi connectivity index (χ0) is 24.6. The molecular weight excluding hydrogens is 450 g/mol. The normalized spacial score (nSPS) is 11.9. The summed E-state index contributed by atoms with van der Waals surface area (Å²) in [6.45, 7) is 0.136. The summed E-state index contributed by atoms with van der Waals surface area (Å²) in [6.07, 6.45) is 0.906. The van der Waals surface area contributed by atoms with Crippen LogP contribution in [0, 0.1) is 0 Å². The molecule has 1 aliphatic carbocycles. The largest absolute Gasteiger partial charge is 0.480 e. The minimum atomic E-state index is -1.07. The van der Waals surface area contributed by atoms with Gasteiger partial charge in [-0.25, -0.2) is 9.59 Å². The molecule has 35 heavy (non-hydrogen) atoms.